The molecule has 2 amide bonds. The summed E-state index contributed by atoms with van der Waals surface area (Å²) in [7, 11) is 1.31. The van der Waals surface area contributed by atoms with Crippen LogP contribution in [-0.2, 0) is 14.4 Å². The second kappa shape index (κ2) is 5.82. The van der Waals surface area contributed by atoms with Crippen LogP contribution in [0.4, 0.5) is 18.0 Å². The van der Waals surface area contributed by atoms with Gasteiger partial charge in [-0.3, -0.25) is 4.79 Å². The molecule has 2 fully saturated rings. The average molecular weight is 351 g/mol. The van der Waals surface area contributed by atoms with Crippen molar-refractivity contribution in [1.82, 2.24) is 9.80 Å². The summed E-state index contributed by atoms with van der Waals surface area (Å²) in [5.74, 6) is -1.89. The van der Waals surface area contributed by atoms with Crippen molar-refractivity contribution in [3.8, 4) is 0 Å². The van der Waals surface area contributed by atoms with E-state index in [-0.39, 0.29) is 26.2 Å². The van der Waals surface area contributed by atoms with E-state index in [1.165, 1.54) is 12.0 Å². The third-order valence-corrected chi connectivity index (χ3v) is 3.82. The summed E-state index contributed by atoms with van der Waals surface area (Å²) in [6.07, 6.45) is -5.49. The number of oxime groups is 1. The third kappa shape index (κ3) is 3.57. The summed E-state index contributed by atoms with van der Waals surface area (Å²) in [6, 6.07) is 0. The Morgan fingerprint density at radius 3 is 2.12 bits per heavy atom. The molecule has 0 aromatic heterocycles. The van der Waals surface area contributed by atoms with Gasteiger partial charge in [0.05, 0.1) is 17.7 Å². The Morgan fingerprint density at radius 2 is 1.67 bits per heavy atom. The molecule has 0 saturated carbocycles. The molecule has 2 rings (SSSR count). The monoisotopic (exact) mass is 351 g/mol. The molecule has 10 heteroatoms. The first-order valence-electron chi connectivity index (χ1n) is 7.32. The number of carbonyl (C=O) groups is 2. The van der Waals surface area contributed by atoms with Crippen molar-refractivity contribution < 1.29 is 32.3 Å². The summed E-state index contributed by atoms with van der Waals surface area (Å²) in [5, 5.41) is 3.83. The highest BCUT2D eigenvalue weighted by Crippen LogP contribution is 2.40. The lowest BCUT2D eigenvalue weighted by molar-refractivity contribution is -0.193. The Labute approximate surface area is 137 Å². The molecule has 0 atom stereocenters. The molecule has 0 bridgehead atoms. The van der Waals surface area contributed by atoms with Crippen molar-refractivity contribution in [2.45, 2.75) is 32.5 Å². The van der Waals surface area contributed by atoms with Gasteiger partial charge in [-0.2, -0.15) is 13.2 Å². The summed E-state index contributed by atoms with van der Waals surface area (Å²) < 4.78 is 42.8. The Bertz CT molecular complexity index is 563. The number of ether oxygens (including phenoxy) is 1. The molecule has 7 nitrogen and oxygen atoms in total. The molecule has 24 heavy (non-hydrogen) atoms. The Morgan fingerprint density at radius 1 is 1.12 bits per heavy atom. The van der Waals surface area contributed by atoms with E-state index in [4.69, 9.17) is 9.57 Å². The van der Waals surface area contributed by atoms with E-state index in [0.717, 1.165) is 0 Å². The molecule has 1 spiro atoms. The van der Waals surface area contributed by atoms with E-state index in [0.29, 0.717) is 10.6 Å². The molecule has 2 aliphatic rings. The van der Waals surface area contributed by atoms with Gasteiger partial charge in [-0.15, -0.1) is 0 Å². The van der Waals surface area contributed by atoms with E-state index < -0.39 is 29.2 Å². The highest BCUT2D eigenvalue weighted by molar-refractivity contribution is 5.99. The summed E-state index contributed by atoms with van der Waals surface area (Å²) in [5.41, 5.74) is -1.07. The molecule has 0 unspecified atom stereocenters. The highest BCUT2D eigenvalue weighted by Gasteiger charge is 2.59. The third-order valence-electron chi connectivity index (χ3n) is 3.82. The largest absolute Gasteiger partial charge is 0.471 e. The molecule has 136 valence electrons. The molecular weight excluding hydrogens is 331 g/mol. The average Bonchev–Trinajstić information content (AvgIpc) is 2.73. The number of carbonyl (C=O) groups excluding carboxylic acids is 2. The van der Waals surface area contributed by atoms with E-state index in [1.54, 1.807) is 20.8 Å². The van der Waals surface area contributed by atoms with Crippen LogP contribution in [0, 0.1) is 5.41 Å². The molecule has 0 aromatic carbocycles. The first-order chi connectivity index (χ1) is 10.9. The Balaban J connectivity index is 2.10. The summed E-state index contributed by atoms with van der Waals surface area (Å²) in [6.45, 7) is 5.05. The number of alkyl halides is 3. The van der Waals surface area contributed by atoms with Crippen LogP contribution in [0.25, 0.3) is 0 Å². The molecule has 2 aliphatic heterocycles. The topological polar surface area (TPSA) is 71.4 Å². The van der Waals surface area contributed by atoms with Crippen molar-refractivity contribution in [2.24, 2.45) is 10.6 Å². The molecular formula is C14H20F3N3O4. The Kier molecular flexibility index (Phi) is 4.45. The van der Waals surface area contributed by atoms with Gasteiger partial charge in [0.15, 0.2) is 0 Å². The number of halogens is 3. The van der Waals surface area contributed by atoms with Crippen LogP contribution in [0.5, 0.6) is 0 Å². The first-order valence-corrected chi connectivity index (χ1v) is 7.32. The second-order valence-electron chi connectivity index (χ2n) is 7.00. The maximum absolute atomic E-state index is 12.5. The number of nitrogens with zero attached hydrogens (tertiary/aromatic N) is 3. The van der Waals surface area contributed by atoms with Gasteiger partial charge < -0.3 is 19.4 Å². The minimum absolute atomic E-state index is 0.0940. The van der Waals surface area contributed by atoms with Crippen LogP contribution < -0.4 is 0 Å². The van der Waals surface area contributed by atoms with Gasteiger partial charge in [0, 0.05) is 19.6 Å². The van der Waals surface area contributed by atoms with Gasteiger partial charge in [-0.1, -0.05) is 5.16 Å². The maximum Gasteiger partial charge on any atom is 0.471 e. The number of hydrogen-bond acceptors (Lipinski definition) is 5. The maximum atomic E-state index is 12.5. The zero-order valence-corrected chi connectivity index (χ0v) is 13.9. The van der Waals surface area contributed by atoms with Crippen molar-refractivity contribution in [3.63, 3.8) is 0 Å². The van der Waals surface area contributed by atoms with E-state index in [2.05, 4.69) is 5.16 Å². The van der Waals surface area contributed by atoms with Gasteiger partial charge in [-0.25, -0.2) is 4.79 Å². The second-order valence-corrected chi connectivity index (χ2v) is 7.00. The van der Waals surface area contributed by atoms with Gasteiger partial charge in [-0.05, 0) is 20.8 Å². The number of likely N-dealkylation sites (tertiary alicyclic amines) is 2. The van der Waals surface area contributed by atoms with Crippen molar-refractivity contribution in [3.05, 3.63) is 0 Å². The zero-order chi connectivity index (χ0) is 18.3. The fourth-order valence-electron chi connectivity index (χ4n) is 2.84. The summed E-state index contributed by atoms with van der Waals surface area (Å²) >= 11 is 0. The predicted molar refractivity (Wildman–Crippen MR) is 77.3 cm³/mol. The molecule has 0 radical (unpaired) electrons. The molecule has 0 aliphatic carbocycles. The lowest BCUT2D eigenvalue weighted by Gasteiger charge is -2.47. The van der Waals surface area contributed by atoms with Gasteiger partial charge in [0.25, 0.3) is 0 Å². The fourth-order valence-corrected chi connectivity index (χ4v) is 2.84. The SMILES string of the molecule is CON=C1CN(C(=O)OC(C)(C)C)CC12CN(C(=O)C(F)(F)F)C2. The molecule has 2 saturated heterocycles. The zero-order valence-electron chi connectivity index (χ0n) is 13.9. The van der Waals surface area contributed by atoms with Crippen LogP contribution in [-0.4, -0.2) is 72.6 Å². The lowest BCUT2D eigenvalue weighted by Crippen LogP contribution is -2.64. The highest BCUT2D eigenvalue weighted by atomic mass is 19.4. The minimum atomic E-state index is -4.91. The smallest absolute Gasteiger partial charge is 0.444 e. The normalized spacial score (nSPS) is 21.9. The van der Waals surface area contributed by atoms with Crippen molar-refractivity contribution >= 4 is 17.7 Å². The van der Waals surface area contributed by atoms with Crippen LogP contribution >= 0.6 is 0 Å². The van der Waals surface area contributed by atoms with Crippen molar-refractivity contribution in [2.75, 3.05) is 33.3 Å². The minimum Gasteiger partial charge on any atom is -0.444 e. The summed E-state index contributed by atoms with van der Waals surface area (Å²) in [4.78, 5) is 30.2. The van der Waals surface area contributed by atoms with Gasteiger partial charge >= 0.3 is 18.2 Å². The molecule has 0 N–H and O–H groups in total. The quantitative estimate of drug-likeness (QED) is 0.673. The molecule has 2 heterocycles. The van der Waals surface area contributed by atoms with Gasteiger partial charge in [0.2, 0.25) is 0 Å². The van der Waals surface area contributed by atoms with Crippen LogP contribution in [0.3, 0.4) is 0 Å². The number of rotatable bonds is 1. The van der Waals surface area contributed by atoms with Crippen molar-refractivity contribution in [1.29, 1.82) is 0 Å². The first kappa shape index (κ1) is 18.3. The van der Waals surface area contributed by atoms with E-state index in [1.807, 2.05) is 0 Å². The number of amides is 2. The molecule has 0 aromatic rings. The predicted octanol–water partition coefficient (Wildman–Crippen LogP) is 1.63. The number of hydrogen-bond donors (Lipinski definition) is 0. The van der Waals surface area contributed by atoms with Crippen LogP contribution in [0.15, 0.2) is 5.16 Å². The van der Waals surface area contributed by atoms with E-state index >= 15 is 0 Å². The fraction of sp³-hybridized carbons (Fsp3) is 0.786. The van der Waals surface area contributed by atoms with Crippen LogP contribution in [0.2, 0.25) is 0 Å². The van der Waals surface area contributed by atoms with E-state index in [9.17, 15) is 22.8 Å². The standard InChI is InChI=1S/C14H20F3N3O4/c1-12(2,3)24-11(22)19-5-9(18-23-4)13(6-19)7-20(8-13)10(21)14(15,16)17/h5-8H2,1-4H3. The van der Waals surface area contributed by atoms with Gasteiger partial charge in [0.1, 0.15) is 12.7 Å². The Hall–Kier alpha value is -2.00. The van der Waals surface area contributed by atoms with Crippen LogP contribution in [0.1, 0.15) is 20.8 Å². The lowest BCUT2D eigenvalue weighted by atomic mass is 9.77.